The first-order chi connectivity index (χ1) is 6.05. The summed E-state index contributed by atoms with van der Waals surface area (Å²) in [6.45, 7) is 6.79. The third kappa shape index (κ3) is 2.85. The molecule has 0 aromatic heterocycles. The Morgan fingerprint density at radius 1 is 1.08 bits per heavy atom. The standard InChI is InChI=1S/C11H17GeO/c1-11(2,3)12(13-4)10-8-6-5-7-9-10/h5-9H,1-4H3. The summed E-state index contributed by atoms with van der Waals surface area (Å²) in [7, 11) is 1.84. The Bertz CT molecular complexity index is 251. The van der Waals surface area contributed by atoms with E-state index in [0.717, 1.165) is 0 Å². The number of hydrogen-bond acceptors (Lipinski definition) is 1. The number of benzene rings is 1. The van der Waals surface area contributed by atoms with E-state index in [0.29, 0.717) is 4.25 Å². The van der Waals surface area contributed by atoms with E-state index < -0.39 is 14.7 Å². The van der Waals surface area contributed by atoms with Gasteiger partial charge in [-0.2, -0.15) is 0 Å². The van der Waals surface area contributed by atoms with E-state index in [-0.39, 0.29) is 0 Å². The van der Waals surface area contributed by atoms with Crippen LogP contribution in [0.3, 0.4) is 0 Å². The van der Waals surface area contributed by atoms with Crippen LogP contribution in [0.25, 0.3) is 0 Å². The predicted molar refractivity (Wildman–Crippen MR) is 58.6 cm³/mol. The van der Waals surface area contributed by atoms with Gasteiger partial charge in [-0.15, -0.1) is 0 Å². The van der Waals surface area contributed by atoms with Crippen LogP contribution in [0.15, 0.2) is 30.3 Å². The Hall–Kier alpha value is -0.277. The van der Waals surface area contributed by atoms with Crippen molar-refractivity contribution in [1.29, 1.82) is 0 Å². The average Bonchev–Trinajstić information content (AvgIpc) is 2.05. The Balaban J connectivity index is 2.92. The molecule has 0 saturated carbocycles. The van der Waals surface area contributed by atoms with Crippen LogP contribution in [0.1, 0.15) is 20.8 Å². The van der Waals surface area contributed by atoms with Crippen molar-refractivity contribution in [3.63, 3.8) is 0 Å². The predicted octanol–water partition coefficient (Wildman–Crippen LogP) is 2.33. The minimum atomic E-state index is -1.55. The molecule has 0 heterocycles. The molecule has 0 unspecified atom stereocenters. The Morgan fingerprint density at radius 2 is 1.62 bits per heavy atom. The van der Waals surface area contributed by atoms with Gasteiger partial charge in [-0.1, -0.05) is 0 Å². The van der Waals surface area contributed by atoms with E-state index >= 15 is 0 Å². The van der Waals surface area contributed by atoms with Crippen LogP contribution in [0.5, 0.6) is 0 Å². The molecule has 0 bridgehead atoms. The summed E-state index contributed by atoms with van der Waals surface area (Å²) in [5.41, 5.74) is 0. The van der Waals surface area contributed by atoms with Crippen LogP contribution in [0, 0.1) is 0 Å². The third-order valence-corrected chi connectivity index (χ3v) is 7.44. The molecule has 0 spiro atoms. The third-order valence-electron chi connectivity index (χ3n) is 1.92. The molecule has 1 rings (SSSR count). The van der Waals surface area contributed by atoms with E-state index in [1.807, 2.05) is 7.11 Å². The maximum atomic E-state index is 5.67. The van der Waals surface area contributed by atoms with E-state index in [1.165, 1.54) is 4.40 Å². The second-order valence-electron chi connectivity index (χ2n) is 4.15. The molecule has 1 aromatic carbocycles. The summed E-state index contributed by atoms with van der Waals surface area (Å²) >= 11 is -1.55. The van der Waals surface area contributed by atoms with E-state index in [4.69, 9.17) is 3.76 Å². The van der Waals surface area contributed by atoms with Crippen LogP contribution in [-0.2, 0) is 3.76 Å². The zero-order chi connectivity index (χ0) is 9.90. The molecule has 1 aromatic rings. The molecule has 0 aliphatic heterocycles. The molecular formula is C11H17GeO. The topological polar surface area (TPSA) is 9.23 Å². The van der Waals surface area contributed by atoms with Gasteiger partial charge in [0.05, 0.1) is 0 Å². The van der Waals surface area contributed by atoms with Crippen LogP contribution < -0.4 is 4.40 Å². The van der Waals surface area contributed by atoms with Gasteiger partial charge in [0.25, 0.3) is 0 Å². The van der Waals surface area contributed by atoms with E-state index in [1.54, 1.807) is 0 Å². The van der Waals surface area contributed by atoms with Crippen molar-refractivity contribution in [2.75, 3.05) is 7.11 Å². The minimum absolute atomic E-state index is 0.316. The molecule has 2 heteroatoms. The van der Waals surface area contributed by atoms with Crippen LogP contribution in [0.4, 0.5) is 0 Å². The molecule has 0 aliphatic carbocycles. The molecule has 0 aliphatic rings. The SMILES string of the molecule is C[O][Ge]([c]1ccccc1)[C](C)(C)C. The van der Waals surface area contributed by atoms with E-state index in [9.17, 15) is 0 Å². The van der Waals surface area contributed by atoms with Gasteiger partial charge in [0.2, 0.25) is 0 Å². The average molecular weight is 238 g/mol. The van der Waals surface area contributed by atoms with Crippen molar-refractivity contribution in [2.24, 2.45) is 0 Å². The van der Waals surface area contributed by atoms with Crippen LogP contribution >= 0.6 is 0 Å². The van der Waals surface area contributed by atoms with Gasteiger partial charge in [0.1, 0.15) is 0 Å². The summed E-state index contributed by atoms with van der Waals surface area (Å²) in [6, 6.07) is 10.6. The van der Waals surface area contributed by atoms with Crippen molar-refractivity contribution in [3.05, 3.63) is 30.3 Å². The van der Waals surface area contributed by atoms with E-state index in [2.05, 4.69) is 51.1 Å². The van der Waals surface area contributed by atoms with Crippen molar-refractivity contribution < 1.29 is 3.76 Å². The molecule has 0 amide bonds. The molecular weight excluding hydrogens is 221 g/mol. The second-order valence-corrected chi connectivity index (χ2v) is 10.7. The fourth-order valence-electron chi connectivity index (χ4n) is 1.45. The zero-order valence-corrected chi connectivity index (χ0v) is 10.9. The molecule has 0 fully saturated rings. The zero-order valence-electron chi connectivity index (χ0n) is 8.79. The van der Waals surface area contributed by atoms with Crippen molar-refractivity contribution in [1.82, 2.24) is 0 Å². The maximum absolute atomic E-state index is 5.67. The Labute approximate surface area is 85.6 Å². The van der Waals surface area contributed by atoms with Gasteiger partial charge >= 0.3 is 85.3 Å². The van der Waals surface area contributed by atoms with Crippen molar-refractivity contribution >= 4 is 19.1 Å². The first kappa shape index (κ1) is 10.8. The Morgan fingerprint density at radius 3 is 2.00 bits per heavy atom. The first-order valence-electron chi connectivity index (χ1n) is 4.52. The van der Waals surface area contributed by atoms with Gasteiger partial charge in [-0.05, 0) is 0 Å². The Kier molecular flexibility index (Phi) is 3.57. The molecule has 1 nitrogen and oxygen atoms in total. The summed E-state index contributed by atoms with van der Waals surface area (Å²) in [6.07, 6.45) is 0. The van der Waals surface area contributed by atoms with Crippen molar-refractivity contribution in [2.45, 2.75) is 25.0 Å². The molecule has 0 saturated heterocycles. The van der Waals surface area contributed by atoms with Gasteiger partial charge in [0.15, 0.2) is 0 Å². The number of rotatable bonds is 2. The van der Waals surface area contributed by atoms with Crippen LogP contribution in [-0.4, -0.2) is 21.8 Å². The van der Waals surface area contributed by atoms with Gasteiger partial charge in [0, 0.05) is 0 Å². The van der Waals surface area contributed by atoms with Gasteiger partial charge in [-0.3, -0.25) is 0 Å². The summed E-state index contributed by atoms with van der Waals surface area (Å²) < 4.78 is 7.40. The van der Waals surface area contributed by atoms with Gasteiger partial charge < -0.3 is 0 Å². The monoisotopic (exact) mass is 239 g/mol. The van der Waals surface area contributed by atoms with Crippen LogP contribution in [0.2, 0.25) is 4.25 Å². The number of hydrogen-bond donors (Lipinski definition) is 0. The molecule has 1 radical (unpaired) electrons. The second kappa shape index (κ2) is 4.29. The summed E-state index contributed by atoms with van der Waals surface area (Å²) in [4.78, 5) is 0. The molecule has 0 atom stereocenters. The quantitative estimate of drug-likeness (QED) is 0.718. The molecule has 0 N–H and O–H groups in total. The molecule has 71 valence electrons. The first-order valence-corrected chi connectivity index (χ1v) is 7.48. The fourth-order valence-corrected chi connectivity index (χ4v) is 6.08. The van der Waals surface area contributed by atoms with Crippen molar-refractivity contribution in [3.8, 4) is 0 Å². The summed E-state index contributed by atoms with van der Waals surface area (Å²) in [5.74, 6) is 0. The van der Waals surface area contributed by atoms with Gasteiger partial charge in [-0.25, -0.2) is 0 Å². The fraction of sp³-hybridized carbons (Fsp3) is 0.455. The molecule has 13 heavy (non-hydrogen) atoms. The normalized spacial score (nSPS) is 12.1. The summed E-state index contributed by atoms with van der Waals surface area (Å²) in [5, 5.41) is 0.